The zero-order valence-electron chi connectivity index (χ0n) is 6.77. The van der Waals surface area contributed by atoms with Crippen LogP contribution in [0.1, 0.15) is 12.5 Å². The molecule has 4 nitrogen and oxygen atoms in total. The van der Waals surface area contributed by atoms with Gasteiger partial charge in [0.1, 0.15) is 0 Å². The van der Waals surface area contributed by atoms with E-state index in [9.17, 15) is 0 Å². The largest absolute Gasteiger partial charge is 0.475 e. The van der Waals surface area contributed by atoms with E-state index in [1.165, 1.54) is 0 Å². The fourth-order valence-corrected chi connectivity index (χ4v) is 0.801. The Labute approximate surface area is 70.5 Å². The maximum absolute atomic E-state index is 8.55. The van der Waals surface area contributed by atoms with E-state index in [-0.39, 0.29) is 5.90 Å². The molecule has 0 amide bonds. The van der Waals surface area contributed by atoms with Crippen LogP contribution in [0.2, 0.25) is 0 Å². The highest BCUT2D eigenvalue weighted by Gasteiger charge is 2.02. The van der Waals surface area contributed by atoms with Crippen molar-refractivity contribution in [1.82, 2.24) is 4.98 Å². The van der Waals surface area contributed by atoms with E-state index < -0.39 is 0 Å². The number of hydrogen-bond donors (Lipinski definition) is 1. The summed E-state index contributed by atoms with van der Waals surface area (Å²) in [5.41, 5.74) is 0.717. The number of oxime groups is 1. The molecular weight excluding hydrogens is 156 g/mol. The number of hydrogen-bond acceptors (Lipinski definition) is 4. The van der Waals surface area contributed by atoms with Crippen molar-refractivity contribution in [2.75, 3.05) is 6.61 Å². The maximum Gasteiger partial charge on any atom is 0.257 e. The van der Waals surface area contributed by atoms with Gasteiger partial charge in [-0.1, -0.05) is 0 Å². The fourth-order valence-electron chi connectivity index (χ4n) is 0.801. The lowest BCUT2D eigenvalue weighted by Crippen LogP contribution is -2.06. The first-order valence-corrected chi connectivity index (χ1v) is 3.63. The topological polar surface area (TPSA) is 54.7 Å². The second kappa shape index (κ2) is 4.33. The summed E-state index contributed by atoms with van der Waals surface area (Å²) in [5.74, 6) is 0.222. The maximum atomic E-state index is 8.55. The van der Waals surface area contributed by atoms with Crippen LogP contribution in [0.25, 0.3) is 0 Å². The van der Waals surface area contributed by atoms with Crippen LogP contribution >= 0.6 is 0 Å². The minimum absolute atomic E-state index is 0.222. The summed E-state index contributed by atoms with van der Waals surface area (Å²) in [6, 6.07) is 3.43. The van der Waals surface area contributed by atoms with Crippen LogP contribution in [0, 0.1) is 0 Å². The molecule has 1 rings (SSSR count). The SMILES string of the molecule is CCO/C(=N/O)c1ccncc1. The molecule has 0 unspecified atom stereocenters. The highest BCUT2D eigenvalue weighted by atomic mass is 16.5. The molecule has 0 aliphatic heterocycles. The standard InChI is InChI=1S/C8H10N2O2/c1-2-12-8(10-11)7-3-5-9-6-4-7/h3-6,11H,2H2,1H3/b10-8+. The lowest BCUT2D eigenvalue weighted by atomic mass is 10.3. The third kappa shape index (κ3) is 1.95. The molecule has 1 aromatic heterocycles. The first-order valence-electron chi connectivity index (χ1n) is 3.63. The van der Waals surface area contributed by atoms with Crippen molar-refractivity contribution >= 4 is 5.90 Å². The van der Waals surface area contributed by atoms with Gasteiger partial charge < -0.3 is 9.94 Å². The van der Waals surface area contributed by atoms with Crippen LogP contribution in [-0.2, 0) is 4.74 Å². The molecular formula is C8H10N2O2. The predicted octanol–water partition coefficient (Wildman–Crippen LogP) is 1.25. The van der Waals surface area contributed by atoms with Crippen LogP contribution in [0.3, 0.4) is 0 Å². The molecule has 0 aromatic carbocycles. The van der Waals surface area contributed by atoms with Crippen LogP contribution in [0.4, 0.5) is 0 Å². The molecule has 0 fully saturated rings. The molecule has 0 bridgehead atoms. The fraction of sp³-hybridized carbons (Fsp3) is 0.250. The van der Waals surface area contributed by atoms with Crippen molar-refractivity contribution in [3.8, 4) is 0 Å². The molecule has 0 aliphatic rings. The summed E-state index contributed by atoms with van der Waals surface area (Å²) >= 11 is 0. The molecule has 1 N–H and O–H groups in total. The van der Waals surface area contributed by atoms with Crippen molar-refractivity contribution in [2.24, 2.45) is 5.16 Å². The Morgan fingerprint density at radius 3 is 2.75 bits per heavy atom. The Bertz CT molecular complexity index is 259. The van der Waals surface area contributed by atoms with Crippen LogP contribution in [0.5, 0.6) is 0 Å². The third-order valence-corrected chi connectivity index (χ3v) is 1.30. The molecule has 12 heavy (non-hydrogen) atoms. The smallest absolute Gasteiger partial charge is 0.257 e. The van der Waals surface area contributed by atoms with Crippen LogP contribution < -0.4 is 0 Å². The normalized spacial score (nSPS) is 11.2. The van der Waals surface area contributed by atoms with Gasteiger partial charge in [-0.05, 0) is 24.2 Å². The van der Waals surface area contributed by atoms with Crippen LogP contribution in [-0.4, -0.2) is 22.7 Å². The van der Waals surface area contributed by atoms with Gasteiger partial charge in [-0.2, -0.15) is 0 Å². The van der Waals surface area contributed by atoms with Crippen molar-refractivity contribution in [3.63, 3.8) is 0 Å². The predicted molar refractivity (Wildman–Crippen MR) is 44.2 cm³/mol. The Kier molecular flexibility index (Phi) is 3.07. The summed E-state index contributed by atoms with van der Waals surface area (Å²) in [6.45, 7) is 2.30. The molecule has 64 valence electrons. The van der Waals surface area contributed by atoms with Gasteiger partial charge in [-0.3, -0.25) is 4.98 Å². The number of rotatable bonds is 2. The quantitative estimate of drug-likeness (QED) is 0.311. The Morgan fingerprint density at radius 1 is 1.58 bits per heavy atom. The number of ether oxygens (including phenoxy) is 1. The van der Waals surface area contributed by atoms with E-state index in [2.05, 4.69) is 10.1 Å². The average Bonchev–Trinajstić information content (AvgIpc) is 2.15. The molecule has 0 saturated heterocycles. The number of aromatic nitrogens is 1. The highest BCUT2D eigenvalue weighted by Crippen LogP contribution is 1.99. The summed E-state index contributed by atoms with van der Waals surface area (Å²) < 4.78 is 5.05. The third-order valence-electron chi connectivity index (χ3n) is 1.30. The summed E-state index contributed by atoms with van der Waals surface area (Å²) in [6.07, 6.45) is 3.22. The summed E-state index contributed by atoms with van der Waals surface area (Å²) in [4.78, 5) is 3.83. The van der Waals surface area contributed by atoms with E-state index >= 15 is 0 Å². The minimum atomic E-state index is 0.222. The number of pyridine rings is 1. The van der Waals surface area contributed by atoms with Crippen molar-refractivity contribution < 1.29 is 9.94 Å². The molecule has 1 heterocycles. The van der Waals surface area contributed by atoms with Gasteiger partial charge in [0.25, 0.3) is 5.90 Å². The molecule has 4 heteroatoms. The van der Waals surface area contributed by atoms with Crippen molar-refractivity contribution in [3.05, 3.63) is 30.1 Å². The van der Waals surface area contributed by atoms with Gasteiger partial charge in [0.15, 0.2) is 0 Å². The first-order chi connectivity index (χ1) is 5.88. The lowest BCUT2D eigenvalue weighted by molar-refractivity contribution is 0.266. The van der Waals surface area contributed by atoms with Gasteiger partial charge in [-0.15, -0.1) is 0 Å². The van der Waals surface area contributed by atoms with E-state index in [1.54, 1.807) is 24.5 Å². The van der Waals surface area contributed by atoms with E-state index in [0.717, 1.165) is 0 Å². The summed E-state index contributed by atoms with van der Waals surface area (Å²) in [7, 11) is 0. The van der Waals surface area contributed by atoms with Crippen LogP contribution in [0.15, 0.2) is 29.7 Å². The Hall–Kier alpha value is -1.58. The molecule has 0 atom stereocenters. The van der Waals surface area contributed by atoms with Crippen molar-refractivity contribution in [2.45, 2.75) is 6.92 Å². The summed E-state index contributed by atoms with van der Waals surface area (Å²) in [5, 5.41) is 11.6. The minimum Gasteiger partial charge on any atom is -0.475 e. The second-order valence-corrected chi connectivity index (χ2v) is 2.07. The monoisotopic (exact) mass is 166 g/mol. The van der Waals surface area contributed by atoms with E-state index in [0.29, 0.717) is 12.2 Å². The zero-order valence-corrected chi connectivity index (χ0v) is 6.77. The molecule has 0 aliphatic carbocycles. The van der Waals surface area contributed by atoms with Crippen molar-refractivity contribution in [1.29, 1.82) is 0 Å². The van der Waals surface area contributed by atoms with Gasteiger partial charge in [-0.25, -0.2) is 0 Å². The molecule has 1 aromatic rings. The first kappa shape index (κ1) is 8.52. The van der Waals surface area contributed by atoms with Gasteiger partial charge in [0.05, 0.1) is 6.61 Å². The van der Waals surface area contributed by atoms with Gasteiger partial charge in [0, 0.05) is 18.0 Å². The van der Waals surface area contributed by atoms with E-state index in [1.807, 2.05) is 6.92 Å². The Balaban J connectivity index is 2.82. The Morgan fingerprint density at radius 2 is 2.25 bits per heavy atom. The molecule has 0 spiro atoms. The molecule has 0 saturated carbocycles. The zero-order chi connectivity index (χ0) is 8.81. The lowest BCUT2D eigenvalue weighted by Gasteiger charge is -2.03. The second-order valence-electron chi connectivity index (χ2n) is 2.07. The van der Waals surface area contributed by atoms with Gasteiger partial charge in [0.2, 0.25) is 0 Å². The highest BCUT2D eigenvalue weighted by molar-refractivity contribution is 5.93. The van der Waals surface area contributed by atoms with Gasteiger partial charge >= 0.3 is 0 Å². The van der Waals surface area contributed by atoms with E-state index in [4.69, 9.17) is 9.94 Å². The molecule has 0 radical (unpaired) electrons. The average molecular weight is 166 g/mol. The number of nitrogens with zero attached hydrogens (tertiary/aromatic N) is 2.